The standard InChI is InChI=1S/C19H19Cl2N2/c1-2-3-14-17-18(20)22(15-10-6-4-7-11-15)23(19(17)21)16-12-8-5-9-13-16/h4-13H,2-3,14H2,1H3/q+1. The summed E-state index contributed by atoms with van der Waals surface area (Å²) in [6, 6.07) is 20.1. The molecule has 0 bridgehead atoms. The lowest BCUT2D eigenvalue weighted by molar-refractivity contribution is -0.672. The van der Waals surface area contributed by atoms with Crippen molar-refractivity contribution in [3.05, 3.63) is 76.5 Å². The van der Waals surface area contributed by atoms with Crippen molar-refractivity contribution in [1.29, 1.82) is 0 Å². The molecule has 0 radical (unpaired) electrons. The van der Waals surface area contributed by atoms with Gasteiger partial charge in [0, 0.05) is 12.1 Å². The van der Waals surface area contributed by atoms with E-state index in [2.05, 4.69) is 6.92 Å². The van der Waals surface area contributed by atoms with E-state index in [0.29, 0.717) is 10.3 Å². The van der Waals surface area contributed by atoms with Gasteiger partial charge in [-0.3, -0.25) is 0 Å². The first-order chi connectivity index (χ1) is 11.2. The predicted octanol–water partition coefficient (Wildman–Crippen LogP) is 5.40. The van der Waals surface area contributed by atoms with Crippen molar-refractivity contribution >= 4 is 23.2 Å². The molecule has 118 valence electrons. The second-order valence-corrected chi connectivity index (χ2v) is 6.17. The van der Waals surface area contributed by atoms with Crippen LogP contribution >= 0.6 is 23.2 Å². The summed E-state index contributed by atoms with van der Waals surface area (Å²) in [5, 5.41) is 1.36. The minimum Gasteiger partial charge on any atom is -0.102 e. The van der Waals surface area contributed by atoms with Crippen molar-refractivity contribution in [1.82, 2.24) is 4.68 Å². The van der Waals surface area contributed by atoms with Crippen LogP contribution in [0.15, 0.2) is 60.7 Å². The highest BCUT2D eigenvalue weighted by molar-refractivity contribution is 6.34. The first-order valence-electron chi connectivity index (χ1n) is 7.85. The minimum atomic E-state index is 0.679. The number of hydrogen-bond donors (Lipinski definition) is 0. The average molecular weight is 346 g/mol. The van der Waals surface area contributed by atoms with Gasteiger partial charge in [-0.25, -0.2) is 0 Å². The lowest BCUT2D eigenvalue weighted by Gasteiger charge is -2.03. The van der Waals surface area contributed by atoms with Gasteiger partial charge in [-0.15, -0.1) is 4.68 Å². The van der Waals surface area contributed by atoms with Gasteiger partial charge < -0.3 is 0 Å². The molecule has 0 saturated carbocycles. The van der Waals surface area contributed by atoms with Gasteiger partial charge in [-0.2, -0.15) is 0 Å². The molecule has 0 N–H and O–H groups in total. The van der Waals surface area contributed by atoms with E-state index >= 15 is 0 Å². The van der Waals surface area contributed by atoms with Crippen LogP contribution in [0.3, 0.4) is 0 Å². The lowest BCUT2D eigenvalue weighted by atomic mass is 10.2. The highest BCUT2D eigenvalue weighted by Gasteiger charge is 2.30. The zero-order valence-electron chi connectivity index (χ0n) is 13.0. The van der Waals surface area contributed by atoms with Crippen molar-refractivity contribution < 1.29 is 4.68 Å². The third-order valence-corrected chi connectivity index (χ3v) is 4.63. The normalized spacial score (nSPS) is 10.9. The monoisotopic (exact) mass is 345 g/mol. The molecular weight excluding hydrogens is 327 g/mol. The molecule has 0 unspecified atom stereocenters. The van der Waals surface area contributed by atoms with Gasteiger partial charge in [0.1, 0.15) is 5.69 Å². The van der Waals surface area contributed by atoms with Gasteiger partial charge in [0.25, 0.3) is 0 Å². The largest absolute Gasteiger partial charge is 0.311 e. The number of hydrogen-bond acceptors (Lipinski definition) is 0. The quantitative estimate of drug-likeness (QED) is 0.547. The van der Waals surface area contributed by atoms with Crippen molar-refractivity contribution in [3.63, 3.8) is 0 Å². The molecule has 0 fully saturated rings. The Morgan fingerprint density at radius 1 is 0.913 bits per heavy atom. The maximum absolute atomic E-state index is 6.71. The fourth-order valence-corrected chi connectivity index (χ4v) is 3.43. The van der Waals surface area contributed by atoms with E-state index in [1.54, 1.807) is 0 Å². The fraction of sp³-hybridized carbons (Fsp3) is 0.211. The Hall–Kier alpha value is -1.77. The SMILES string of the molecule is CCCCc1c(Cl)n(-c2ccccc2)[n+](-c2ccccc2)c1Cl. The first-order valence-corrected chi connectivity index (χ1v) is 8.61. The summed E-state index contributed by atoms with van der Waals surface area (Å²) < 4.78 is 3.95. The Labute approximate surface area is 146 Å². The lowest BCUT2D eigenvalue weighted by Crippen LogP contribution is -2.40. The molecule has 3 rings (SSSR count). The molecule has 0 saturated heterocycles. The number of unbranched alkanes of at least 4 members (excludes halogenated alkanes) is 1. The van der Waals surface area contributed by atoms with E-state index in [-0.39, 0.29) is 0 Å². The Bertz CT molecular complexity index is 717. The average Bonchev–Trinajstić information content (AvgIpc) is 2.85. The molecular formula is C19H19Cl2N2+. The van der Waals surface area contributed by atoms with Crippen LogP contribution in [0, 0.1) is 0 Å². The van der Waals surface area contributed by atoms with Crippen molar-refractivity contribution in [3.8, 4) is 11.4 Å². The van der Waals surface area contributed by atoms with Crippen LogP contribution < -0.4 is 4.68 Å². The summed E-state index contributed by atoms with van der Waals surface area (Å²) in [6.07, 6.45) is 3.04. The van der Waals surface area contributed by atoms with Crippen LogP contribution in [0.1, 0.15) is 25.3 Å². The molecule has 0 aliphatic carbocycles. The number of rotatable bonds is 5. The molecule has 2 nitrogen and oxygen atoms in total. The van der Waals surface area contributed by atoms with Gasteiger partial charge in [0.05, 0.1) is 5.56 Å². The number of halogens is 2. The molecule has 0 spiro atoms. The maximum Gasteiger partial charge on any atom is 0.311 e. The van der Waals surface area contributed by atoms with E-state index in [0.717, 1.165) is 36.2 Å². The Morgan fingerprint density at radius 2 is 1.52 bits per heavy atom. The predicted molar refractivity (Wildman–Crippen MR) is 95.9 cm³/mol. The first kappa shape index (κ1) is 16.1. The van der Waals surface area contributed by atoms with Crippen molar-refractivity contribution in [2.24, 2.45) is 0 Å². The third-order valence-electron chi connectivity index (χ3n) is 3.85. The van der Waals surface area contributed by atoms with Gasteiger partial charge in [0.15, 0.2) is 5.15 Å². The highest BCUT2D eigenvalue weighted by Crippen LogP contribution is 2.28. The molecule has 3 aromatic rings. The summed E-state index contributed by atoms with van der Waals surface area (Å²) in [5.41, 5.74) is 2.99. The zero-order chi connectivity index (χ0) is 16.2. The van der Waals surface area contributed by atoms with Gasteiger partial charge in [-0.1, -0.05) is 66.0 Å². The molecule has 0 atom stereocenters. The highest BCUT2D eigenvalue weighted by atomic mass is 35.5. The van der Waals surface area contributed by atoms with Crippen LogP contribution in [0.5, 0.6) is 0 Å². The van der Waals surface area contributed by atoms with Gasteiger partial charge in [-0.05, 0) is 36.6 Å². The van der Waals surface area contributed by atoms with Crippen LogP contribution in [0.2, 0.25) is 10.3 Å². The van der Waals surface area contributed by atoms with Crippen molar-refractivity contribution in [2.75, 3.05) is 0 Å². The van der Waals surface area contributed by atoms with Crippen LogP contribution in [0.25, 0.3) is 11.4 Å². The summed E-state index contributed by atoms with van der Waals surface area (Å²) in [4.78, 5) is 0. The van der Waals surface area contributed by atoms with E-state index in [4.69, 9.17) is 23.2 Å². The minimum absolute atomic E-state index is 0.679. The zero-order valence-corrected chi connectivity index (χ0v) is 14.6. The number of aromatic nitrogens is 2. The molecule has 23 heavy (non-hydrogen) atoms. The number of nitrogens with zero attached hydrogens (tertiary/aromatic N) is 2. The van der Waals surface area contributed by atoms with Crippen LogP contribution in [-0.4, -0.2) is 4.68 Å². The van der Waals surface area contributed by atoms with E-state index in [9.17, 15) is 0 Å². The Kier molecular flexibility index (Phi) is 5.04. The number of para-hydroxylation sites is 2. The smallest absolute Gasteiger partial charge is 0.102 e. The second-order valence-electron chi connectivity index (χ2n) is 5.46. The van der Waals surface area contributed by atoms with Crippen LogP contribution in [-0.2, 0) is 6.42 Å². The molecule has 1 aromatic heterocycles. The number of benzene rings is 2. The topological polar surface area (TPSA) is 8.81 Å². The summed E-state index contributed by atoms with van der Waals surface area (Å²) >= 11 is 13.4. The summed E-state index contributed by atoms with van der Waals surface area (Å²) in [5.74, 6) is 0. The van der Waals surface area contributed by atoms with Gasteiger partial charge >= 0.3 is 5.15 Å². The summed E-state index contributed by atoms with van der Waals surface area (Å²) in [6.45, 7) is 2.17. The van der Waals surface area contributed by atoms with Crippen LogP contribution in [0.4, 0.5) is 0 Å². The van der Waals surface area contributed by atoms with E-state index in [1.807, 2.05) is 70.0 Å². The summed E-state index contributed by atoms with van der Waals surface area (Å²) in [7, 11) is 0. The molecule has 4 heteroatoms. The molecule has 0 aliphatic rings. The van der Waals surface area contributed by atoms with Crippen molar-refractivity contribution in [2.45, 2.75) is 26.2 Å². The molecule has 1 heterocycles. The molecule has 0 aliphatic heterocycles. The van der Waals surface area contributed by atoms with E-state index < -0.39 is 0 Å². The van der Waals surface area contributed by atoms with Gasteiger partial charge in [0.2, 0.25) is 5.69 Å². The fourth-order valence-electron chi connectivity index (χ4n) is 2.67. The third kappa shape index (κ3) is 3.15. The maximum atomic E-state index is 6.71. The molecule has 0 amide bonds. The van der Waals surface area contributed by atoms with E-state index in [1.165, 1.54) is 0 Å². The second kappa shape index (κ2) is 7.20. The molecule has 2 aromatic carbocycles. The Balaban J connectivity index is 2.24. The Morgan fingerprint density at radius 3 is 2.13 bits per heavy atom.